The molecule has 15 rings (SSSR count). The molecule has 3 aliphatic rings. The number of thiazole rings is 3. The predicted molar refractivity (Wildman–Crippen MR) is 420 cm³/mol. The van der Waals surface area contributed by atoms with E-state index >= 15 is 0 Å². The van der Waals surface area contributed by atoms with E-state index in [0.717, 1.165) is 135 Å². The first-order valence-electron chi connectivity index (χ1n) is 35.7. The fourth-order valence-electron chi connectivity index (χ4n) is 13.9. The zero-order valence-corrected chi connectivity index (χ0v) is 63.1. The van der Waals surface area contributed by atoms with Crippen LogP contribution in [-0.4, -0.2) is 124 Å². The van der Waals surface area contributed by atoms with Gasteiger partial charge in [0.25, 0.3) is 0 Å². The van der Waals surface area contributed by atoms with E-state index in [9.17, 15) is 28.8 Å². The standard InChI is InChI=1S/C27H28N6O2S.C26H29N7O2S.C25H27N7O2S/c1-3-17-12-20(14-30-24(17)28)31-25(34)27(35)33-15-16(2)4-6-22(33)19-5-7-23-21(13-19)32-26(36-23)18-8-10-29-11-9-18;1-4-16-11-18(13-29-22(16)27)30-24(34)26(35)33-14-15(2)5-7-20(33)17-6-8-21-19(12-17)31-25(36-21)23-28-9-10-32(23)3;1-14-4-6-19(32(13-14)25(34)23(33)29-17-10-15(2)21(26)28-12-17)16-5-7-20-18(11-16)30-24(35-20)22-27-8-9-31(22)3/h5,7-14,16,22H,3-4,6,15H2,1-2H3,(H2,28,30)(H,31,34);6,8-13,15,20H,4-5,7,14H2,1-3H3,(H2,27,29)(H,30,34);5,7-12,14,19H,4,6,13H2,1-3H3,(H2,26,28)(H,29,33)/t16-,22+;15-,20+;14-,19+/m000/s1. The minimum atomic E-state index is -0.679. The highest BCUT2D eigenvalue weighted by Crippen LogP contribution is 2.41. The Morgan fingerprint density at radius 1 is 0.449 bits per heavy atom. The number of hydrogen-bond donors (Lipinski definition) is 6. The number of likely N-dealkylation sites (tertiary alicyclic amines) is 3. The van der Waals surface area contributed by atoms with Crippen LogP contribution in [0.15, 0.2) is 141 Å². The van der Waals surface area contributed by atoms with E-state index in [1.165, 1.54) is 18.6 Å². The van der Waals surface area contributed by atoms with Gasteiger partial charge in [0.1, 0.15) is 22.5 Å². The van der Waals surface area contributed by atoms with Gasteiger partial charge in [-0.05, 0) is 176 Å². The van der Waals surface area contributed by atoms with Crippen molar-refractivity contribution in [2.45, 2.75) is 111 Å². The number of aryl methyl sites for hydroxylation is 5. The highest BCUT2D eigenvalue weighted by atomic mass is 32.1. The van der Waals surface area contributed by atoms with Gasteiger partial charge in [-0.1, -0.05) is 52.8 Å². The van der Waals surface area contributed by atoms with Crippen LogP contribution in [0.3, 0.4) is 0 Å². The van der Waals surface area contributed by atoms with Crippen molar-refractivity contribution >= 4 is 135 Å². The van der Waals surface area contributed by atoms with E-state index in [2.05, 4.69) is 72.7 Å². The van der Waals surface area contributed by atoms with Crippen molar-refractivity contribution in [3.8, 4) is 32.2 Å². The lowest BCUT2D eigenvalue weighted by Gasteiger charge is -2.38. The molecule has 107 heavy (non-hydrogen) atoms. The molecule has 0 bridgehead atoms. The highest BCUT2D eigenvalue weighted by molar-refractivity contribution is 7.22. The summed E-state index contributed by atoms with van der Waals surface area (Å²) < 4.78 is 7.07. The molecule has 9 N–H and O–H groups in total. The first kappa shape index (κ1) is 73.9. The number of amides is 6. The maximum atomic E-state index is 13.4. The van der Waals surface area contributed by atoms with Gasteiger partial charge in [0.2, 0.25) is 0 Å². The molecular weight excluding hydrogens is 1410 g/mol. The van der Waals surface area contributed by atoms with Crippen molar-refractivity contribution in [2.75, 3.05) is 52.8 Å². The van der Waals surface area contributed by atoms with E-state index < -0.39 is 35.4 Å². The zero-order chi connectivity index (χ0) is 75.3. The second-order valence-electron chi connectivity index (χ2n) is 27.7. The molecule has 3 aromatic carbocycles. The van der Waals surface area contributed by atoms with Gasteiger partial charge in [0.15, 0.2) is 21.7 Å². The Morgan fingerprint density at radius 3 is 1.16 bits per heavy atom. The Morgan fingerprint density at radius 2 is 0.804 bits per heavy atom. The van der Waals surface area contributed by atoms with Crippen molar-refractivity contribution in [3.63, 3.8) is 0 Å². The molecule has 3 aliphatic heterocycles. The normalized spacial score (nSPS) is 17.9. The van der Waals surface area contributed by atoms with Gasteiger partial charge in [0.05, 0.1) is 84.4 Å². The molecule has 6 atom stereocenters. The number of anilines is 6. The van der Waals surface area contributed by atoms with Crippen LogP contribution in [0.25, 0.3) is 62.9 Å². The van der Waals surface area contributed by atoms with Crippen molar-refractivity contribution in [2.24, 2.45) is 31.8 Å². The minimum absolute atomic E-state index is 0.189. The molecule has 550 valence electrons. The van der Waals surface area contributed by atoms with Crippen LogP contribution in [0.2, 0.25) is 0 Å². The van der Waals surface area contributed by atoms with Crippen molar-refractivity contribution < 1.29 is 28.8 Å². The SMILES string of the molecule is CCc1cc(NC(=O)C(=O)N2C[C@@H](C)CC[C@@H]2c2ccc3sc(-c4ccncc4)nc3c2)cnc1N.CCc1cc(NC(=O)C(=O)N2C[C@@H](C)CC[C@@H]2c2ccc3sc(-c4nccn4C)nc3c2)cnc1N.Cc1cc(NC(=O)C(=O)N2C[C@@H](C)CC[C@@H]2c2ccc3sc(-c4nccn4C)nc3c2)cnc1N. The van der Waals surface area contributed by atoms with Crippen LogP contribution in [-0.2, 0) is 55.7 Å². The lowest BCUT2D eigenvalue weighted by Crippen LogP contribution is -2.46. The van der Waals surface area contributed by atoms with Gasteiger partial charge in [-0.25, -0.2) is 39.9 Å². The third-order valence-electron chi connectivity index (χ3n) is 19.8. The molecule has 0 spiro atoms. The van der Waals surface area contributed by atoms with Gasteiger partial charge < -0.3 is 57.0 Å². The lowest BCUT2D eigenvalue weighted by molar-refractivity contribution is -0.146. The molecule has 0 aliphatic carbocycles. The first-order chi connectivity index (χ1) is 51.6. The number of aromatic nitrogens is 11. The number of rotatable bonds is 11. The topological polar surface area (TPSA) is 352 Å². The van der Waals surface area contributed by atoms with Gasteiger partial charge in [-0.15, -0.1) is 34.0 Å². The largest absolute Gasteiger partial charge is 0.383 e. The number of imidazole rings is 2. The highest BCUT2D eigenvalue weighted by Gasteiger charge is 2.38. The number of carbonyl (C=O) groups excluding carboxylic acids is 6. The summed E-state index contributed by atoms with van der Waals surface area (Å²) in [5, 5.41) is 10.7. The molecule has 6 amide bonds. The molecule has 0 unspecified atom stereocenters. The Hall–Kier alpha value is -11.4. The van der Waals surface area contributed by atoms with E-state index in [1.54, 1.807) is 98.6 Å². The van der Waals surface area contributed by atoms with E-state index in [-0.39, 0.29) is 18.1 Å². The van der Waals surface area contributed by atoms with Crippen molar-refractivity contribution in [3.05, 3.63) is 174 Å². The van der Waals surface area contributed by atoms with E-state index in [1.807, 2.05) is 110 Å². The lowest BCUT2D eigenvalue weighted by atomic mass is 9.89. The van der Waals surface area contributed by atoms with Crippen LogP contribution in [0.5, 0.6) is 0 Å². The number of nitrogens with one attached hydrogen (secondary N) is 3. The quantitative estimate of drug-likeness (QED) is 0.0655. The Balaban J connectivity index is 0.000000142. The summed E-state index contributed by atoms with van der Waals surface area (Å²) in [6.45, 7) is 13.6. The molecule has 12 aromatic rings. The molecule has 9 aromatic heterocycles. The first-order valence-corrected chi connectivity index (χ1v) is 38.2. The molecule has 12 heterocycles. The van der Waals surface area contributed by atoms with Crippen molar-refractivity contribution in [1.29, 1.82) is 0 Å². The summed E-state index contributed by atoms with van der Waals surface area (Å²) >= 11 is 4.80. The maximum Gasteiger partial charge on any atom is 0.313 e. The molecule has 29 heteroatoms. The van der Waals surface area contributed by atoms with Gasteiger partial charge in [-0.3, -0.25) is 33.8 Å². The van der Waals surface area contributed by atoms with Gasteiger partial charge in [0, 0.05) is 76.5 Å². The number of hydrogen-bond acceptors (Lipinski definition) is 21. The Bertz CT molecular complexity index is 5320. The van der Waals surface area contributed by atoms with Crippen molar-refractivity contribution in [1.82, 2.24) is 68.7 Å². The molecular formula is C78H84N20O6S3. The number of piperidine rings is 3. The van der Waals surface area contributed by atoms with Crippen LogP contribution in [0.1, 0.15) is 125 Å². The Labute approximate surface area is 630 Å². The number of carbonyl (C=O) groups is 6. The summed E-state index contributed by atoms with van der Waals surface area (Å²) in [6, 6.07) is 26.9. The van der Waals surface area contributed by atoms with Gasteiger partial charge >= 0.3 is 35.4 Å². The van der Waals surface area contributed by atoms with Crippen LogP contribution >= 0.6 is 34.0 Å². The van der Waals surface area contributed by atoms with Crippen LogP contribution in [0, 0.1) is 24.7 Å². The second kappa shape index (κ2) is 32.1. The summed E-state index contributed by atoms with van der Waals surface area (Å²) in [6.07, 6.45) is 21.9. The number of pyridine rings is 4. The van der Waals surface area contributed by atoms with Crippen LogP contribution in [0.4, 0.5) is 34.5 Å². The average Bonchev–Trinajstić information content (AvgIpc) is 1.74. The van der Waals surface area contributed by atoms with Crippen LogP contribution < -0.4 is 33.2 Å². The predicted octanol–water partition coefficient (Wildman–Crippen LogP) is 12.9. The third-order valence-corrected chi connectivity index (χ3v) is 23.0. The Kier molecular flexibility index (Phi) is 22.2. The zero-order valence-electron chi connectivity index (χ0n) is 60.7. The number of nitrogen functional groups attached to an aromatic ring is 3. The number of benzene rings is 3. The average molecular weight is 1490 g/mol. The number of nitrogens with zero attached hydrogens (tertiary/aromatic N) is 14. The fraction of sp³-hybridized carbons (Fsp3) is 0.321. The summed E-state index contributed by atoms with van der Waals surface area (Å²) in [4.78, 5) is 124. The maximum absolute atomic E-state index is 13.4. The second-order valence-corrected chi connectivity index (χ2v) is 30.8. The number of fused-ring (bicyclic) bond motifs is 3. The molecule has 0 saturated carbocycles. The monoisotopic (exact) mass is 1490 g/mol. The molecule has 26 nitrogen and oxygen atoms in total. The van der Waals surface area contributed by atoms with E-state index in [4.69, 9.17) is 32.2 Å². The molecule has 3 saturated heterocycles. The summed E-state index contributed by atoms with van der Waals surface area (Å²) in [5.41, 5.74) is 27.9. The fourth-order valence-corrected chi connectivity index (χ4v) is 16.8. The minimum Gasteiger partial charge on any atom is -0.383 e. The summed E-state index contributed by atoms with van der Waals surface area (Å²) in [5.74, 6) is 0.143. The molecule has 3 fully saturated rings. The van der Waals surface area contributed by atoms with Gasteiger partial charge in [-0.2, -0.15) is 0 Å². The third kappa shape index (κ3) is 16.5. The smallest absolute Gasteiger partial charge is 0.313 e. The molecule has 0 radical (unpaired) electrons. The number of nitrogens with two attached hydrogens (primary N) is 3. The summed E-state index contributed by atoms with van der Waals surface area (Å²) in [7, 11) is 3.89. The van der Waals surface area contributed by atoms with E-state index in [0.29, 0.717) is 84.7 Å².